The number of hydrogen-bond acceptors (Lipinski definition) is 2. The lowest BCUT2D eigenvalue weighted by Crippen LogP contribution is -2.00. The molecule has 0 N–H and O–H groups in total. The van der Waals surface area contributed by atoms with Crippen molar-refractivity contribution in [2.75, 3.05) is 0 Å². The van der Waals surface area contributed by atoms with Crippen LogP contribution in [-0.4, -0.2) is 14.8 Å². The molecule has 1 saturated carbocycles. The number of pyridine rings is 1. The van der Waals surface area contributed by atoms with E-state index in [0.717, 1.165) is 29.2 Å². The minimum Gasteiger partial charge on any atom is -0.271 e. The molecule has 0 bridgehead atoms. The summed E-state index contributed by atoms with van der Waals surface area (Å²) in [6, 6.07) is 5.94. The third kappa shape index (κ3) is 2.41. The van der Waals surface area contributed by atoms with Crippen molar-refractivity contribution in [3.63, 3.8) is 0 Å². The number of hydrogen-bond donors (Lipinski definition) is 0. The molecule has 0 saturated heterocycles. The molecule has 1 aliphatic carbocycles. The summed E-state index contributed by atoms with van der Waals surface area (Å²) >= 11 is 3.52. The molecule has 0 amide bonds. The Hall–Kier alpha value is -1.16. The Bertz CT molecular complexity index is 503. The number of halogens is 1. The molecule has 0 atom stereocenters. The summed E-state index contributed by atoms with van der Waals surface area (Å²) in [6.07, 6.45) is 6.65. The van der Waals surface area contributed by atoms with Gasteiger partial charge in [-0.05, 0) is 30.9 Å². The topological polar surface area (TPSA) is 30.7 Å². The van der Waals surface area contributed by atoms with Crippen molar-refractivity contribution < 1.29 is 0 Å². The molecule has 0 aliphatic heterocycles. The van der Waals surface area contributed by atoms with Gasteiger partial charge >= 0.3 is 0 Å². The van der Waals surface area contributed by atoms with Crippen LogP contribution in [-0.2, 0) is 11.9 Å². The Balaban J connectivity index is 1.94. The average molecular weight is 292 g/mol. The van der Waals surface area contributed by atoms with Crippen LogP contribution in [0.1, 0.15) is 18.4 Å². The molecule has 2 heterocycles. The lowest BCUT2D eigenvalue weighted by molar-refractivity contribution is 0.564. The van der Waals surface area contributed by atoms with E-state index in [1.54, 1.807) is 0 Å². The van der Waals surface area contributed by atoms with Crippen LogP contribution >= 0.6 is 15.9 Å². The van der Waals surface area contributed by atoms with Crippen LogP contribution in [0.15, 0.2) is 30.6 Å². The first-order chi connectivity index (χ1) is 8.36. The van der Waals surface area contributed by atoms with E-state index in [1.165, 1.54) is 18.4 Å². The zero-order valence-electron chi connectivity index (χ0n) is 9.51. The van der Waals surface area contributed by atoms with Gasteiger partial charge in [-0.25, -0.2) is 0 Å². The summed E-state index contributed by atoms with van der Waals surface area (Å²) in [4.78, 5) is 4.37. The van der Waals surface area contributed by atoms with E-state index in [4.69, 9.17) is 0 Å². The molecule has 3 rings (SSSR count). The van der Waals surface area contributed by atoms with Crippen molar-refractivity contribution in [2.24, 2.45) is 5.92 Å². The van der Waals surface area contributed by atoms with Crippen molar-refractivity contribution in [1.29, 1.82) is 0 Å². The minimum absolute atomic E-state index is 0.823. The first kappa shape index (κ1) is 11.0. The number of aromatic nitrogens is 3. The van der Waals surface area contributed by atoms with Gasteiger partial charge < -0.3 is 0 Å². The standard InChI is InChI=1S/C13H14BrN3/c14-7-11-9-17(8-10-4-5-10)16-13(11)12-3-1-2-6-15-12/h1-3,6,9-10H,4-5,7-8H2. The second-order valence-corrected chi connectivity index (χ2v) is 5.08. The van der Waals surface area contributed by atoms with Crippen LogP contribution < -0.4 is 0 Å². The Kier molecular flexibility index (Phi) is 2.97. The Morgan fingerprint density at radius 2 is 2.24 bits per heavy atom. The van der Waals surface area contributed by atoms with Crippen molar-refractivity contribution in [3.05, 3.63) is 36.2 Å². The number of rotatable bonds is 4. The van der Waals surface area contributed by atoms with E-state index in [0.29, 0.717) is 0 Å². The maximum Gasteiger partial charge on any atom is 0.115 e. The summed E-state index contributed by atoms with van der Waals surface area (Å²) in [5.74, 6) is 0.842. The zero-order chi connectivity index (χ0) is 11.7. The fourth-order valence-electron chi connectivity index (χ4n) is 1.94. The smallest absolute Gasteiger partial charge is 0.115 e. The molecule has 88 valence electrons. The molecule has 0 radical (unpaired) electrons. The third-order valence-electron chi connectivity index (χ3n) is 3.03. The van der Waals surface area contributed by atoms with Gasteiger partial charge in [0.15, 0.2) is 0 Å². The van der Waals surface area contributed by atoms with Gasteiger partial charge in [0.05, 0.1) is 5.69 Å². The average Bonchev–Trinajstić information content (AvgIpc) is 3.08. The Morgan fingerprint density at radius 3 is 2.88 bits per heavy atom. The van der Waals surface area contributed by atoms with E-state index >= 15 is 0 Å². The quantitative estimate of drug-likeness (QED) is 0.810. The fraction of sp³-hybridized carbons (Fsp3) is 0.385. The molecular formula is C13H14BrN3. The summed E-state index contributed by atoms with van der Waals surface area (Å²) in [5.41, 5.74) is 3.17. The minimum atomic E-state index is 0.823. The Morgan fingerprint density at radius 1 is 1.35 bits per heavy atom. The van der Waals surface area contributed by atoms with Gasteiger partial charge in [0, 0.05) is 29.8 Å². The van der Waals surface area contributed by atoms with E-state index in [2.05, 4.69) is 36.9 Å². The van der Waals surface area contributed by atoms with Crippen LogP contribution in [0.5, 0.6) is 0 Å². The first-order valence-corrected chi connectivity index (χ1v) is 7.02. The van der Waals surface area contributed by atoms with E-state index in [1.807, 2.05) is 24.4 Å². The molecule has 0 unspecified atom stereocenters. The van der Waals surface area contributed by atoms with Crippen molar-refractivity contribution in [3.8, 4) is 11.4 Å². The molecular weight excluding hydrogens is 278 g/mol. The van der Waals surface area contributed by atoms with Crippen LogP contribution in [0.25, 0.3) is 11.4 Å². The largest absolute Gasteiger partial charge is 0.271 e. The lowest BCUT2D eigenvalue weighted by atomic mass is 10.2. The van der Waals surface area contributed by atoms with E-state index < -0.39 is 0 Å². The SMILES string of the molecule is BrCc1cn(CC2CC2)nc1-c1ccccn1. The molecule has 0 aromatic carbocycles. The summed E-state index contributed by atoms with van der Waals surface area (Å²) in [7, 11) is 0. The lowest BCUT2D eigenvalue weighted by Gasteiger charge is -1.98. The fourth-order valence-corrected chi connectivity index (χ4v) is 2.35. The number of nitrogens with zero attached hydrogens (tertiary/aromatic N) is 3. The van der Waals surface area contributed by atoms with Gasteiger partial charge in [-0.15, -0.1) is 0 Å². The summed E-state index contributed by atoms with van der Waals surface area (Å²) in [6.45, 7) is 1.05. The summed E-state index contributed by atoms with van der Waals surface area (Å²) in [5, 5.41) is 5.48. The zero-order valence-corrected chi connectivity index (χ0v) is 11.1. The van der Waals surface area contributed by atoms with Crippen LogP contribution in [0.3, 0.4) is 0 Å². The van der Waals surface area contributed by atoms with Gasteiger partial charge in [-0.3, -0.25) is 9.67 Å². The second-order valence-electron chi connectivity index (χ2n) is 4.52. The second kappa shape index (κ2) is 4.61. The molecule has 0 spiro atoms. The molecule has 17 heavy (non-hydrogen) atoms. The maximum atomic E-state index is 4.66. The highest BCUT2D eigenvalue weighted by Gasteiger charge is 2.23. The highest BCUT2D eigenvalue weighted by Crippen LogP contribution is 2.31. The van der Waals surface area contributed by atoms with Gasteiger partial charge in [-0.2, -0.15) is 5.10 Å². The molecule has 1 aliphatic rings. The molecule has 3 nitrogen and oxygen atoms in total. The van der Waals surface area contributed by atoms with Crippen molar-refractivity contribution >= 4 is 15.9 Å². The molecule has 2 aromatic rings. The van der Waals surface area contributed by atoms with Crippen molar-refractivity contribution in [2.45, 2.75) is 24.7 Å². The predicted molar refractivity (Wildman–Crippen MR) is 70.8 cm³/mol. The van der Waals surface area contributed by atoms with Gasteiger partial charge in [-0.1, -0.05) is 22.0 Å². The third-order valence-corrected chi connectivity index (χ3v) is 3.64. The molecule has 1 fully saturated rings. The predicted octanol–water partition coefficient (Wildman–Crippen LogP) is 3.25. The molecule has 2 aromatic heterocycles. The van der Waals surface area contributed by atoms with Crippen LogP contribution in [0.2, 0.25) is 0 Å². The maximum absolute atomic E-state index is 4.66. The first-order valence-electron chi connectivity index (χ1n) is 5.90. The molecule has 4 heteroatoms. The van der Waals surface area contributed by atoms with Crippen LogP contribution in [0.4, 0.5) is 0 Å². The van der Waals surface area contributed by atoms with Crippen molar-refractivity contribution in [1.82, 2.24) is 14.8 Å². The van der Waals surface area contributed by atoms with Crippen LogP contribution in [0, 0.1) is 5.92 Å². The normalized spacial score (nSPS) is 15.1. The highest BCUT2D eigenvalue weighted by molar-refractivity contribution is 9.08. The number of alkyl halides is 1. The van der Waals surface area contributed by atoms with Gasteiger partial charge in [0.25, 0.3) is 0 Å². The van der Waals surface area contributed by atoms with Gasteiger partial charge in [0.2, 0.25) is 0 Å². The van der Waals surface area contributed by atoms with Gasteiger partial charge in [0.1, 0.15) is 5.69 Å². The summed E-state index contributed by atoms with van der Waals surface area (Å²) < 4.78 is 2.07. The van der Waals surface area contributed by atoms with E-state index in [-0.39, 0.29) is 0 Å². The monoisotopic (exact) mass is 291 g/mol. The highest BCUT2D eigenvalue weighted by atomic mass is 79.9. The van der Waals surface area contributed by atoms with E-state index in [9.17, 15) is 0 Å². The Labute approximate surface area is 109 Å².